The van der Waals surface area contributed by atoms with Crippen molar-refractivity contribution in [3.63, 3.8) is 0 Å². The first-order chi connectivity index (χ1) is 4.36. The number of hydrogen-bond acceptors (Lipinski definition) is 3. The minimum absolute atomic E-state index is 0.0390. The first-order valence-corrected chi connectivity index (χ1v) is 3.07. The Morgan fingerprint density at radius 2 is 2.56 bits per heavy atom. The van der Waals surface area contributed by atoms with Gasteiger partial charge in [-0.05, 0) is 6.42 Å². The van der Waals surface area contributed by atoms with Crippen molar-refractivity contribution in [2.75, 3.05) is 19.8 Å². The maximum atomic E-state index is 10.0. The summed E-state index contributed by atoms with van der Waals surface area (Å²) in [5.41, 5.74) is 0. The van der Waals surface area contributed by atoms with E-state index in [9.17, 15) is 4.79 Å². The molecule has 0 aromatic heterocycles. The summed E-state index contributed by atoms with van der Waals surface area (Å²) >= 11 is 0. The predicted octanol–water partition coefficient (Wildman–Crippen LogP) is -0.632. The Hall–Kier alpha value is -0.410. The van der Waals surface area contributed by atoms with Crippen LogP contribution in [-0.2, 0) is 4.79 Å². The molecule has 0 saturated carbocycles. The van der Waals surface area contributed by atoms with Crippen LogP contribution in [0.3, 0.4) is 0 Å². The Bertz CT molecular complexity index is 105. The van der Waals surface area contributed by atoms with Crippen molar-refractivity contribution in [1.82, 2.24) is 4.90 Å². The zero-order valence-electron chi connectivity index (χ0n) is 5.21. The second-order valence-corrected chi connectivity index (χ2v) is 2.32. The third-order valence-electron chi connectivity index (χ3n) is 1.64. The highest BCUT2D eigenvalue weighted by Gasteiger charge is 2.20. The van der Waals surface area contributed by atoms with Crippen molar-refractivity contribution >= 4 is 6.29 Å². The lowest BCUT2D eigenvalue weighted by atomic mass is 10.1. The fourth-order valence-electron chi connectivity index (χ4n) is 1.06. The number of hydrogen-bond donors (Lipinski definition) is 1. The molecule has 0 aromatic rings. The molecular weight excluding hydrogens is 118 g/mol. The first kappa shape index (κ1) is 6.71. The number of carbonyl (C=O) groups excluding carboxylic acids is 1. The number of nitrogens with zero attached hydrogens (tertiary/aromatic N) is 1. The van der Waals surface area contributed by atoms with Crippen molar-refractivity contribution in [3.05, 3.63) is 0 Å². The van der Waals surface area contributed by atoms with E-state index in [4.69, 9.17) is 5.11 Å². The summed E-state index contributed by atoms with van der Waals surface area (Å²) in [6, 6.07) is 0. The summed E-state index contributed by atoms with van der Waals surface area (Å²) in [5.74, 6) is 0.0390. The molecule has 1 fully saturated rings. The van der Waals surface area contributed by atoms with Crippen molar-refractivity contribution in [2.24, 2.45) is 5.92 Å². The molecule has 51 valence electrons. The van der Waals surface area contributed by atoms with E-state index in [0.717, 1.165) is 13.0 Å². The van der Waals surface area contributed by atoms with Gasteiger partial charge in [0.05, 0.1) is 6.73 Å². The summed E-state index contributed by atoms with van der Waals surface area (Å²) in [4.78, 5) is 11.9. The largest absolute Gasteiger partial charge is 0.381 e. The number of aliphatic hydroxyl groups excluding tert-OH is 1. The normalized spacial score (nSPS) is 28.8. The van der Waals surface area contributed by atoms with E-state index >= 15 is 0 Å². The molecule has 1 heterocycles. The summed E-state index contributed by atoms with van der Waals surface area (Å²) < 4.78 is 0. The Morgan fingerprint density at radius 1 is 1.78 bits per heavy atom. The lowest BCUT2D eigenvalue weighted by Gasteiger charge is -2.08. The molecular formula is C6H10NO2. The molecule has 1 N–H and O–H groups in total. The second kappa shape index (κ2) is 2.94. The first-order valence-electron chi connectivity index (χ1n) is 3.07. The molecule has 3 heteroatoms. The average Bonchev–Trinajstić information content (AvgIpc) is 2.34. The Morgan fingerprint density at radius 3 is 2.89 bits per heavy atom. The van der Waals surface area contributed by atoms with E-state index in [1.807, 2.05) is 11.2 Å². The van der Waals surface area contributed by atoms with Gasteiger partial charge in [-0.1, -0.05) is 0 Å². The van der Waals surface area contributed by atoms with Crippen LogP contribution in [0.4, 0.5) is 0 Å². The summed E-state index contributed by atoms with van der Waals surface area (Å²) in [6.45, 7) is 1.58. The lowest BCUT2D eigenvalue weighted by Crippen LogP contribution is -2.21. The molecule has 1 atom stereocenters. The molecule has 0 bridgehead atoms. The Labute approximate surface area is 54.3 Å². The highest BCUT2D eigenvalue weighted by Crippen LogP contribution is 2.11. The van der Waals surface area contributed by atoms with Gasteiger partial charge in [-0.3, -0.25) is 9.69 Å². The van der Waals surface area contributed by atoms with Crippen LogP contribution in [0, 0.1) is 5.92 Å². The Balaban J connectivity index is 2.28. The quantitative estimate of drug-likeness (QED) is 0.538. The summed E-state index contributed by atoms with van der Waals surface area (Å²) in [7, 11) is 0. The van der Waals surface area contributed by atoms with Crippen LogP contribution in [0.5, 0.6) is 0 Å². The third kappa shape index (κ3) is 1.50. The van der Waals surface area contributed by atoms with E-state index < -0.39 is 0 Å². The van der Waals surface area contributed by atoms with E-state index in [-0.39, 0.29) is 12.6 Å². The van der Waals surface area contributed by atoms with Crippen LogP contribution in [0.2, 0.25) is 0 Å². The van der Waals surface area contributed by atoms with Gasteiger partial charge in [-0.15, -0.1) is 0 Å². The Kier molecular flexibility index (Phi) is 2.19. The maximum Gasteiger partial charge on any atom is 0.203 e. The zero-order chi connectivity index (χ0) is 6.69. The number of rotatable bonds is 2. The van der Waals surface area contributed by atoms with Crippen molar-refractivity contribution < 1.29 is 9.90 Å². The third-order valence-corrected chi connectivity index (χ3v) is 1.64. The molecule has 1 aliphatic heterocycles. The molecule has 1 rings (SSSR count). The second-order valence-electron chi connectivity index (χ2n) is 2.32. The van der Waals surface area contributed by atoms with Gasteiger partial charge >= 0.3 is 0 Å². The predicted molar refractivity (Wildman–Crippen MR) is 32.5 cm³/mol. The zero-order valence-corrected chi connectivity index (χ0v) is 5.21. The van der Waals surface area contributed by atoms with Crippen LogP contribution in [0.15, 0.2) is 0 Å². The van der Waals surface area contributed by atoms with Crippen LogP contribution < -0.4 is 0 Å². The average molecular weight is 128 g/mol. The van der Waals surface area contributed by atoms with Gasteiger partial charge < -0.3 is 5.11 Å². The number of aliphatic hydroxyl groups is 1. The highest BCUT2D eigenvalue weighted by molar-refractivity contribution is 5.55. The van der Waals surface area contributed by atoms with Crippen molar-refractivity contribution in [3.8, 4) is 0 Å². The molecule has 9 heavy (non-hydrogen) atoms. The smallest absolute Gasteiger partial charge is 0.203 e. The van der Waals surface area contributed by atoms with Crippen LogP contribution >= 0.6 is 0 Å². The fourth-order valence-corrected chi connectivity index (χ4v) is 1.06. The SMILES string of the molecule is O=[C]C1CCN(CO)C1. The van der Waals surface area contributed by atoms with Crippen LogP contribution in [0.25, 0.3) is 0 Å². The van der Waals surface area contributed by atoms with Crippen molar-refractivity contribution in [2.45, 2.75) is 6.42 Å². The maximum absolute atomic E-state index is 10.0. The van der Waals surface area contributed by atoms with E-state index in [2.05, 4.69) is 0 Å². The molecule has 0 amide bonds. The lowest BCUT2D eigenvalue weighted by molar-refractivity contribution is 0.130. The standard InChI is InChI=1S/C6H10NO2/c8-4-6-1-2-7(3-6)5-9/h6,9H,1-3,5H2. The van der Waals surface area contributed by atoms with Gasteiger partial charge in [-0.25, -0.2) is 0 Å². The molecule has 1 unspecified atom stereocenters. The molecule has 0 spiro atoms. The van der Waals surface area contributed by atoms with E-state index in [1.165, 1.54) is 0 Å². The minimum atomic E-state index is 0.0390. The molecule has 3 nitrogen and oxygen atoms in total. The van der Waals surface area contributed by atoms with Gasteiger partial charge in [0, 0.05) is 19.0 Å². The van der Waals surface area contributed by atoms with Gasteiger partial charge in [0.25, 0.3) is 0 Å². The molecule has 0 aliphatic carbocycles. The monoisotopic (exact) mass is 128 g/mol. The van der Waals surface area contributed by atoms with Gasteiger partial charge in [0.1, 0.15) is 0 Å². The van der Waals surface area contributed by atoms with E-state index in [0.29, 0.717) is 6.54 Å². The van der Waals surface area contributed by atoms with E-state index in [1.54, 1.807) is 0 Å². The number of likely N-dealkylation sites (tertiary alicyclic amines) is 1. The van der Waals surface area contributed by atoms with Crippen LogP contribution in [0.1, 0.15) is 6.42 Å². The van der Waals surface area contributed by atoms with Gasteiger partial charge in [0.2, 0.25) is 6.29 Å². The fraction of sp³-hybridized carbons (Fsp3) is 0.833. The summed E-state index contributed by atoms with van der Waals surface area (Å²) in [6.07, 6.45) is 2.78. The molecule has 1 aliphatic rings. The summed E-state index contributed by atoms with van der Waals surface area (Å²) in [5, 5.41) is 8.58. The topological polar surface area (TPSA) is 40.5 Å². The molecule has 0 aromatic carbocycles. The molecule has 1 saturated heterocycles. The molecule has 1 radical (unpaired) electrons. The van der Waals surface area contributed by atoms with Gasteiger partial charge in [0.15, 0.2) is 0 Å². The minimum Gasteiger partial charge on any atom is -0.381 e. The highest BCUT2D eigenvalue weighted by atomic mass is 16.3. The van der Waals surface area contributed by atoms with Crippen LogP contribution in [-0.4, -0.2) is 36.1 Å². The van der Waals surface area contributed by atoms with Crippen molar-refractivity contribution in [1.29, 1.82) is 0 Å². The van der Waals surface area contributed by atoms with Gasteiger partial charge in [-0.2, -0.15) is 0 Å².